The van der Waals surface area contributed by atoms with Gasteiger partial charge in [-0.3, -0.25) is 9.97 Å². The van der Waals surface area contributed by atoms with E-state index in [2.05, 4.69) is 62.0 Å². The van der Waals surface area contributed by atoms with Crippen molar-refractivity contribution in [2.45, 2.75) is 20.4 Å². The van der Waals surface area contributed by atoms with Crippen LogP contribution in [0, 0.1) is 13.8 Å². The summed E-state index contributed by atoms with van der Waals surface area (Å²) >= 11 is 0. The topological polar surface area (TPSA) is 56.5 Å². The van der Waals surface area contributed by atoms with Crippen LogP contribution < -0.4 is 0 Å². The molecule has 5 heteroatoms. The molecule has 1 aromatic carbocycles. The van der Waals surface area contributed by atoms with Crippen molar-refractivity contribution < 1.29 is 0 Å². The Balaban J connectivity index is 1.75. The maximum absolute atomic E-state index is 4.54. The minimum atomic E-state index is 0.687. The summed E-state index contributed by atoms with van der Waals surface area (Å²) < 4.78 is 2.08. The maximum atomic E-state index is 4.54. The van der Waals surface area contributed by atoms with Crippen LogP contribution in [0.3, 0.4) is 0 Å². The van der Waals surface area contributed by atoms with Gasteiger partial charge in [0, 0.05) is 18.6 Å². The summed E-state index contributed by atoms with van der Waals surface area (Å²) in [5.74, 6) is 1.63. The lowest BCUT2D eigenvalue weighted by atomic mass is 10.0. The highest BCUT2D eigenvalue weighted by molar-refractivity contribution is 5.70. The first-order valence-electron chi connectivity index (χ1n) is 8.53. The van der Waals surface area contributed by atoms with E-state index in [0.717, 1.165) is 28.5 Å². The highest BCUT2D eigenvalue weighted by Gasteiger charge is 2.14. The molecular formula is C21H19N5. The Labute approximate surface area is 152 Å². The van der Waals surface area contributed by atoms with Crippen LogP contribution in [0.1, 0.15) is 17.0 Å². The first-order valence-corrected chi connectivity index (χ1v) is 8.53. The molecule has 0 aliphatic rings. The molecule has 0 fully saturated rings. The van der Waals surface area contributed by atoms with E-state index in [1.54, 1.807) is 12.4 Å². The van der Waals surface area contributed by atoms with Gasteiger partial charge in [-0.25, -0.2) is 0 Å². The maximum Gasteiger partial charge on any atom is 0.182 e. The molecule has 128 valence electrons. The highest BCUT2D eigenvalue weighted by atomic mass is 15.3. The molecular weight excluding hydrogens is 322 g/mol. The lowest BCUT2D eigenvalue weighted by Crippen LogP contribution is -2.05. The van der Waals surface area contributed by atoms with Crippen molar-refractivity contribution in [3.05, 3.63) is 84.1 Å². The Bertz CT molecular complexity index is 1040. The smallest absolute Gasteiger partial charge is 0.182 e. The van der Waals surface area contributed by atoms with Gasteiger partial charge in [0.15, 0.2) is 5.82 Å². The average molecular weight is 341 g/mol. The van der Waals surface area contributed by atoms with Crippen molar-refractivity contribution in [1.29, 1.82) is 0 Å². The van der Waals surface area contributed by atoms with Gasteiger partial charge in [0.2, 0.25) is 0 Å². The molecule has 5 nitrogen and oxygen atoms in total. The van der Waals surface area contributed by atoms with Gasteiger partial charge in [-0.1, -0.05) is 24.3 Å². The molecule has 0 N–H and O–H groups in total. The summed E-state index contributed by atoms with van der Waals surface area (Å²) in [6.45, 7) is 4.77. The predicted molar refractivity (Wildman–Crippen MR) is 102 cm³/mol. The molecule has 0 saturated carbocycles. The molecule has 3 aromatic heterocycles. The van der Waals surface area contributed by atoms with Gasteiger partial charge in [0.25, 0.3) is 0 Å². The number of hydrogen-bond donors (Lipinski definition) is 0. The molecule has 0 radical (unpaired) electrons. The van der Waals surface area contributed by atoms with Crippen molar-refractivity contribution in [3.63, 3.8) is 0 Å². The van der Waals surface area contributed by atoms with E-state index in [1.165, 1.54) is 11.1 Å². The first-order chi connectivity index (χ1) is 12.7. The zero-order valence-corrected chi connectivity index (χ0v) is 14.8. The SMILES string of the molecule is Cc1ccccc1-c1ccnc(-c2nnc(C)n2Cc2ccncc2)c1. The van der Waals surface area contributed by atoms with Crippen LogP contribution in [-0.4, -0.2) is 24.7 Å². The second-order valence-electron chi connectivity index (χ2n) is 6.26. The van der Waals surface area contributed by atoms with E-state index in [-0.39, 0.29) is 0 Å². The molecule has 4 rings (SSSR count). The quantitative estimate of drug-likeness (QED) is 0.561. The molecule has 0 aliphatic heterocycles. The van der Waals surface area contributed by atoms with E-state index in [9.17, 15) is 0 Å². The highest BCUT2D eigenvalue weighted by Crippen LogP contribution is 2.26. The van der Waals surface area contributed by atoms with Crippen LogP contribution in [0.15, 0.2) is 67.1 Å². The summed E-state index contributed by atoms with van der Waals surface area (Å²) in [5.41, 5.74) is 5.54. The van der Waals surface area contributed by atoms with Crippen molar-refractivity contribution in [2.75, 3.05) is 0 Å². The number of nitrogens with zero attached hydrogens (tertiary/aromatic N) is 5. The van der Waals surface area contributed by atoms with Crippen LogP contribution >= 0.6 is 0 Å². The number of aromatic nitrogens is 5. The summed E-state index contributed by atoms with van der Waals surface area (Å²) in [4.78, 5) is 8.62. The third-order valence-electron chi connectivity index (χ3n) is 4.47. The predicted octanol–water partition coefficient (Wildman–Crippen LogP) is 4.07. The summed E-state index contributed by atoms with van der Waals surface area (Å²) in [5, 5.41) is 8.64. The number of benzene rings is 1. The lowest BCUT2D eigenvalue weighted by molar-refractivity contribution is 0.765. The van der Waals surface area contributed by atoms with Crippen molar-refractivity contribution in [1.82, 2.24) is 24.7 Å². The summed E-state index contributed by atoms with van der Waals surface area (Å²) in [7, 11) is 0. The van der Waals surface area contributed by atoms with Crippen LogP contribution in [0.4, 0.5) is 0 Å². The van der Waals surface area contributed by atoms with Crippen LogP contribution in [0.2, 0.25) is 0 Å². The standard InChI is InChI=1S/C21H19N5/c1-15-5-3-4-6-19(15)18-9-12-23-20(13-18)21-25-24-16(2)26(21)14-17-7-10-22-11-8-17/h3-13H,14H2,1-2H3. The van der Waals surface area contributed by atoms with Crippen LogP contribution in [0.25, 0.3) is 22.6 Å². The second-order valence-corrected chi connectivity index (χ2v) is 6.26. The first kappa shape index (κ1) is 16.1. The van der Waals surface area contributed by atoms with E-state index in [0.29, 0.717) is 6.54 Å². The monoisotopic (exact) mass is 341 g/mol. The van der Waals surface area contributed by atoms with Gasteiger partial charge in [-0.2, -0.15) is 0 Å². The fourth-order valence-corrected chi connectivity index (χ4v) is 3.05. The minimum Gasteiger partial charge on any atom is -0.305 e. The molecule has 0 atom stereocenters. The average Bonchev–Trinajstić information content (AvgIpc) is 3.04. The summed E-state index contributed by atoms with van der Waals surface area (Å²) in [6, 6.07) is 16.5. The Morgan fingerprint density at radius 1 is 0.885 bits per heavy atom. The van der Waals surface area contributed by atoms with Crippen molar-refractivity contribution in [3.8, 4) is 22.6 Å². The summed E-state index contributed by atoms with van der Waals surface area (Å²) in [6.07, 6.45) is 5.43. The van der Waals surface area contributed by atoms with Crippen LogP contribution in [-0.2, 0) is 6.54 Å². The zero-order valence-electron chi connectivity index (χ0n) is 14.8. The van der Waals surface area contributed by atoms with Gasteiger partial charge in [0.05, 0.1) is 6.54 Å². The molecule has 0 saturated heterocycles. The number of hydrogen-bond acceptors (Lipinski definition) is 4. The van der Waals surface area contributed by atoms with Gasteiger partial charge < -0.3 is 4.57 Å². The fraction of sp³-hybridized carbons (Fsp3) is 0.143. The zero-order chi connectivity index (χ0) is 17.9. The third kappa shape index (κ3) is 3.11. The fourth-order valence-electron chi connectivity index (χ4n) is 3.05. The minimum absolute atomic E-state index is 0.687. The van der Waals surface area contributed by atoms with E-state index in [1.807, 2.05) is 31.3 Å². The van der Waals surface area contributed by atoms with Gasteiger partial charge >= 0.3 is 0 Å². The van der Waals surface area contributed by atoms with Crippen molar-refractivity contribution in [2.24, 2.45) is 0 Å². The number of pyridine rings is 2. The van der Waals surface area contributed by atoms with E-state index in [4.69, 9.17) is 0 Å². The Morgan fingerprint density at radius 2 is 1.69 bits per heavy atom. The van der Waals surface area contributed by atoms with Gasteiger partial charge in [0.1, 0.15) is 11.5 Å². The molecule has 4 aromatic rings. The lowest BCUT2D eigenvalue weighted by Gasteiger charge is -2.10. The molecule has 0 amide bonds. The largest absolute Gasteiger partial charge is 0.305 e. The van der Waals surface area contributed by atoms with Crippen molar-refractivity contribution >= 4 is 0 Å². The Morgan fingerprint density at radius 3 is 2.50 bits per heavy atom. The second kappa shape index (κ2) is 6.88. The molecule has 3 heterocycles. The normalized spacial score (nSPS) is 10.8. The van der Waals surface area contributed by atoms with Gasteiger partial charge in [-0.15, -0.1) is 10.2 Å². The third-order valence-corrected chi connectivity index (χ3v) is 4.47. The number of aryl methyl sites for hydroxylation is 2. The Hall–Kier alpha value is -3.34. The molecule has 0 spiro atoms. The Kier molecular flexibility index (Phi) is 4.27. The van der Waals surface area contributed by atoms with Gasteiger partial charge in [-0.05, 0) is 60.4 Å². The molecule has 0 unspecified atom stereocenters. The molecule has 0 bridgehead atoms. The molecule has 0 aliphatic carbocycles. The van der Waals surface area contributed by atoms with E-state index >= 15 is 0 Å². The van der Waals surface area contributed by atoms with E-state index < -0.39 is 0 Å². The molecule has 26 heavy (non-hydrogen) atoms. The van der Waals surface area contributed by atoms with Crippen LogP contribution in [0.5, 0.6) is 0 Å². The number of rotatable bonds is 4.